The lowest BCUT2D eigenvalue weighted by molar-refractivity contribution is 0.0696. The number of aromatic carboxylic acids is 1. The molecule has 3 rings (SSSR count). The van der Waals surface area contributed by atoms with Crippen LogP contribution in [0.15, 0.2) is 9.59 Å². The normalized spacial score (nSPS) is 15.1. The second kappa shape index (κ2) is 3.38. The van der Waals surface area contributed by atoms with Gasteiger partial charge in [0.15, 0.2) is 0 Å². The van der Waals surface area contributed by atoms with Gasteiger partial charge in [-0.3, -0.25) is 9.59 Å². The number of nitrogens with zero attached hydrogens (tertiary/aromatic N) is 1. The van der Waals surface area contributed by atoms with Gasteiger partial charge in [0.2, 0.25) is 0 Å². The van der Waals surface area contributed by atoms with E-state index in [1.54, 1.807) is 0 Å². The Hall–Kier alpha value is -1.73. The molecular formula is C10H8N2O4S. The minimum atomic E-state index is -1.08. The number of carboxylic acids is 1. The highest BCUT2D eigenvalue weighted by Crippen LogP contribution is 2.33. The van der Waals surface area contributed by atoms with Crippen LogP contribution in [-0.4, -0.2) is 22.2 Å². The maximum atomic E-state index is 11.2. The molecule has 17 heavy (non-hydrogen) atoms. The van der Waals surface area contributed by atoms with Gasteiger partial charge < -0.3 is 10.4 Å². The van der Waals surface area contributed by atoms with Crippen LogP contribution in [0.4, 0.5) is 0 Å². The van der Waals surface area contributed by atoms with Gasteiger partial charge in [0.1, 0.15) is 5.00 Å². The summed E-state index contributed by atoms with van der Waals surface area (Å²) in [7, 11) is 0. The molecule has 1 aliphatic rings. The highest BCUT2D eigenvalue weighted by Gasteiger charge is 2.31. The van der Waals surface area contributed by atoms with E-state index >= 15 is 0 Å². The molecule has 1 aliphatic heterocycles. The van der Waals surface area contributed by atoms with Crippen LogP contribution in [0.5, 0.6) is 0 Å². The fraction of sp³-hybridized carbons (Fsp3) is 0.300. The molecule has 0 saturated heterocycles. The Labute approximate surface area is 98.8 Å². The molecule has 0 radical (unpaired) electrons. The zero-order chi connectivity index (χ0) is 12.2. The summed E-state index contributed by atoms with van der Waals surface area (Å²) in [5.74, 6) is -1.08. The second-order valence-corrected chi connectivity index (χ2v) is 4.95. The van der Waals surface area contributed by atoms with Crippen LogP contribution in [0.25, 0.3) is 5.00 Å². The van der Waals surface area contributed by atoms with Gasteiger partial charge in [0.25, 0.3) is 0 Å². The number of fused-ring (bicyclic) bond motifs is 1. The average Bonchev–Trinajstić information content (AvgIpc) is 2.76. The van der Waals surface area contributed by atoms with Crippen LogP contribution in [0, 0.1) is 0 Å². The fourth-order valence-corrected chi connectivity index (χ4v) is 3.32. The molecule has 0 fully saturated rings. The van der Waals surface area contributed by atoms with Gasteiger partial charge in [-0.05, 0) is 18.5 Å². The summed E-state index contributed by atoms with van der Waals surface area (Å²) in [5.41, 5.74) is -0.382. The van der Waals surface area contributed by atoms with E-state index < -0.39 is 17.1 Å². The molecule has 0 aliphatic carbocycles. The van der Waals surface area contributed by atoms with Gasteiger partial charge in [0.05, 0.1) is 5.56 Å². The predicted molar refractivity (Wildman–Crippen MR) is 60.9 cm³/mol. The molecule has 0 saturated carbocycles. The topological polar surface area (TPSA) is 88.4 Å². The van der Waals surface area contributed by atoms with Crippen molar-refractivity contribution in [1.82, 2.24) is 9.88 Å². The SMILES string of the molecule is O=C(O)c1c(-n2c(=O)c2=O)sc2c1CCNC2. The summed E-state index contributed by atoms with van der Waals surface area (Å²) in [6, 6.07) is 0. The zero-order valence-electron chi connectivity index (χ0n) is 8.65. The van der Waals surface area contributed by atoms with E-state index in [1.165, 1.54) is 11.3 Å². The van der Waals surface area contributed by atoms with E-state index in [2.05, 4.69) is 5.32 Å². The Morgan fingerprint density at radius 2 is 2.06 bits per heavy atom. The number of hydrogen-bond acceptors (Lipinski definition) is 5. The van der Waals surface area contributed by atoms with Crippen molar-refractivity contribution in [2.24, 2.45) is 0 Å². The molecular weight excluding hydrogens is 244 g/mol. The Kier molecular flexibility index (Phi) is 2.07. The van der Waals surface area contributed by atoms with Crippen molar-refractivity contribution in [2.45, 2.75) is 13.0 Å². The zero-order valence-corrected chi connectivity index (χ0v) is 9.47. The van der Waals surface area contributed by atoms with E-state index in [0.717, 1.165) is 15.0 Å². The molecule has 0 aromatic carbocycles. The van der Waals surface area contributed by atoms with Crippen molar-refractivity contribution in [2.75, 3.05) is 6.54 Å². The van der Waals surface area contributed by atoms with Crippen LogP contribution in [0.1, 0.15) is 20.8 Å². The third-order valence-electron chi connectivity index (χ3n) is 2.87. The highest BCUT2D eigenvalue weighted by atomic mass is 32.1. The van der Waals surface area contributed by atoms with Gasteiger partial charge in [-0.1, -0.05) is 0 Å². The number of nitrogens with one attached hydrogen (secondary N) is 1. The lowest BCUT2D eigenvalue weighted by atomic mass is 10.0. The highest BCUT2D eigenvalue weighted by molar-refractivity contribution is 7.15. The fourth-order valence-electron chi connectivity index (χ4n) is 2.02. The number of carboxylic acid groups (broad SMARTS) is 1. The molecule has 0 spiro atoms. The van der Waals surface area contributed by atoms with Gasteiger partial charge >= 0.3 is 17.1 Å². The molecule has 0 bridgehead atoms. The largest absolute Gasteiger partial charge is 0.478 e. The third-order valence-corrected chi connectivity index (χ3v) is 4.08. The summed E-state index contributed by atoms with van der Waals surface area (Å²) in [5, 5.41) is 12.6. The number of thiophene rings is 1. The smallest absolute Gasteiger partial charge is 0.339 e. The van der Waals surface area contributed by atoms with Crippen molar-refractivity contribution in [3.05, 3.63) is 36.7 Å². The van der Waals surface area contributed by atoms with Crippen LogP contribution < -0.4 is 16.4 Å². The first-order chi connectivity index (χ1) is 8.11. The summed E-state index contributed by atoms with van der Waals surface area (Å²) in [4.78, 5) is 34.3. The lowest BCUT2D eigenvalue weighted by Crippen LogP contribution is -2.23. The van der Waals surface area contributed by atoms with Crippen molar-refractivity contribution in [3.8, 4) is 5.00 Å². The molecule has 2 aromatic rings. The number of carbonyl (C=O) groups is 1. The first-order valence-corrected chi connectivity index (χ1v) is 5.90. The third kappa shape index (κ3) is 1.39. The van der Waals surface area contributed by atoms with E-state index in [-0.39, 0.29) is 10.6 Å². The molecule has 0 atom stereocenters. The number of aromatic nitrogens is 1. The van der Waals surface area contributed by atoms with Crippen molar-refractivity contribution in [3.63, 3.8) is 0 Å². The van der Waals surface area contributed by atoms with E-state index in [0.29, 0.717) is 19.5 Å². The predicted octanol–water partition coefficient (Wildman–Crippen LogP) is -0.521. The molecule has 2 aromatic heterocycles. The van der Waals surface area contributed by atoms with Gasteiger partial charge in [-0.25, -0.2) is 9.36 Å². The van der Waals surface area contributed by atoms with Crippen LogP contribution in [0.3, 0.4) is 0 Å². The van der Waals surface area contributed by atoms with Crippen LogP contribution >= 0.6 is 11.3 Å². The molecule has 2 N–H and O–H groups in total. The minimum Gasteiger partial charge on any atom is -0.478 e. The van der Waals surface area contributed by atoms with Crippen LogP contribution in [-0.2, 0) is 13.0 Å². The average molecular weight is 252 g/mol. The summed E-state index contributed by atoms with van der Waals surface area (Å²) < 4.78 is 0.937. The second-order valence-electron chi connectivity index (χ2n) is 3.86. The van der Waals surface area contributed by atoms with Gasteiger partial charge in [-0.15, -0.1) is 11.3 Å². The van der Waals surface area contributed by atoms with Gasteiger partial charge in [0, 0.05) is 11.4 Å². The van der Waals surface area contributed by atoms with Crippen molar-refractivity contribution < 1.29 is 9.90 Å². The molecule has 0 unspecified atom stereocenters. The Morgan fingerprint density at radius 1 is 1.35 bits per heavy atom. The van der Waals surface area contributed by atoms with E-state index in [9.17, 15) is 19.5 Å². The molecule has 3 heterocycles. The molecule has 6 nitrogen and oxygen atoms in total. The molecule has 7 heteroatoms. The summed E-state index contributed by atoms with van der Waals surface area (Å²) in [6.45, 7) is 1.31. The van der Waals surface area contributed by atoms with Crippen molar-refractivity contribution >= 4 is 17.3 Å². The quantitative estimate of drug-likeness (QED) is 0.702. The summed E-state index contributed by atoms with van der Waals surface area (Å²) in [6.07, 6.45) is 0.615. The Balaban J connectivity index is 2.25. The number of rotatable bonds is 2. The van der Waals surface area contributed by atoms with E-state index in [4.69, 9.17) is 0 Å². The standard InChI is InChI=1S/C10H8N2O4S/c13-7-8(14)12(7)9-6(10(15)16)4-1-2-11-3-5(4)17-9/h11H,1-3H2,(H,15,16). The maximum Gasteiger partial charge on any atom is 0.339 e. The minimum absolute atomic E-state index is 0.116. The van der Waals surface area contributed by atoms with Crippen LogP contribution in [0.2, 0.25) is 0 Å². The lowest BCUT2D eigenvalue weighted by Gasteiger charge is -2.12. The van der Waals surface area contributed by atoms with Gasteiger partial charge in [-0.2, -0.15) is 0 Å². The Bertz CT molecular complexity index is 664. The van der Waals surface area contributed by atoms with E-state index in [1.807, 2.05) is 0 Å². The maximum absolute atomic E-state index is 11.2. The Morgan fingerprint density at radius 3 is 2.65 bits per heavy atom. The first-order valence-electron chi connectivity index (χ1n) is 5.08. The first kappa shape index (κ1) is 10.4. The van der Waals surface area contributed by atoms with Crippen molar-refractivity contribution in [1.29, 1.82) is 0 Å². The summed E-state index contributed by atoms with van der Waals surface area (Å²) >= 11 is 1.21. The number of hydrogen-bond donors (Lipinski definition) is 2. The monoisotopic (exact) mass is 252 g/mol. The molecule has 0 amide bonds. The molecule has 88 valence electrons.